The maximum Gasteiger partial charge on any atom is 0.185 e. The van der Waals surface area contributed by atoms with Gasteiger partial charge in [-0.05, 0) is 79.5 Å². The number of rotatable bonds is 7. The van der Waals surface area contributed by atoms with Gasteiger partial charge in [0.2, 0.25) is 0 Å². The molecule has 0 N–H and O–H groups in total. The van der Waals surface area contributed by atoms with Gasteiger partial charge in [0.05, 0.1) is 30.1 Å². The molecule has 32 heavy (non-hydrogen) atoms. The minimum absolute atomic E-state index is 0.0384. The molecule has 1 aromatic carbocycles. The van der Waals surface area contributed by atoms with E-state index in [0.717, 1.165) is 28.0 Å². The Labute approximate surface area is 186 Å². The predicted octanol–water partition coefficient (Wildman–Crippen LogP) is 4.16. The first-order chi connectivity index (χ1) is 15.5. The van der Waals surface area contributed by atoms with Crippen molar-refractivity contribution in [1.29, 1.82) is 5.26 Å². The molecule has 4 aromatic rings. The predicted molar refractivity (Wildman–Crippen MR) is 120 cm³/mol. The number of nitriles is 1. The van der Waals surface area contributed by atoms with Gasteiger partial charge in [-0.15, -0.1) is 5.10 Å². The van der Waals surface area contributed by atoms with E-state index in [2.05, 4.69) is 44.1 Å². The lowest BCUT2D eigenvalue weighted by Gasteiger charge is -2.09. The number of hydrogen-bond donors (Lipinski definition) is 0. The first kappa shape index (κ1) is 20.1. The molecule has 0 bridgehead atoms. The Hall–Kier alpha value is -3.79. The molecule has 0 radical (unpaired) electrons. The third kappa shape index (κ3) is 4.04. The molecule has 1 saturated carbocycles. The second-order valence-corrected chi connectivity index (χ2v) is 8.66. The van der Waals surface area contributed by atoms with Gasteiger partial charge in [-0.25, -0.2) is 9.67 Å². The number of aromatic nitrogens is 5. The SMILES string of the molecule is Cc1cc(C#N)cc(C)c1CCC(=O)c1cn(Cc2cn3cc(C4CC4)ccc3n2)nn1. The Morgan fingerprint density at radius 1 is 1.16 bits per heavy atom. The molecule has 1 fully saturated rings. The van der Waals surface area contributed by atoms with Crippen molar-refractivity contribution in [3.05, 3.63) is 82.1 Å². The van der Waals surface area contributed by atoms with Gasteiger partial charge in [-0.2, -0.15) is 5.26 Å². The number of fused-ring (bicyclic) bond motifs is 1. The molecule has 0 saturated heterocycles. The van der Waals surface area contributed by atoms with Crippen LogP contribution in [0.15, 0.2) is 42.9 Å². The zero-order valence-corrected chi connectivity index (χ0v) is 18.2. The molecule has 160 valence electrons. The fraction of sp³-hybridized carbons (Fsp3) is 0.320. The largest absolute Gasteiger partial charge is 0.306 e. The summed E-state index contributed by atoms with van der Waals surface area (Å²) in [6.07, 6.45) is 9.38. The summed E-state index contributed by atoms with van der Waals surface area (Å²) in [4.78, 5) is 17.3. The van der Waals surface area contributed by atoms with Crippen molar-refractivity contribution in [2.75, 3.05) is 0 Å². The fourth-order valence-corrected chi connectivity index (χ4v) is 4.28. The maximum absolute atomic E-state index is 12.7. The Balaban J connectivity index is 1.25. The topological polar surface area (TPSA) is 88.9 Å². The van der Waals surface area contributed by atoms with Crippen molar-refractivity contribution in [2.24, 2.45) is 0 Å². The van der Waals surface area contributed by atoms with Gasteiger partial charge in [0, 0.05) is 18.8 Å². The van der Waals surface area contributed by atoms with Crippen molar-refractivity contribution >= 4 is 11.4 Å². The third-order valence-electron chi connectivity index (χ3n) is 6.15. The highest BCUT2D eigenvalue weighted by Crippen LogP contribution is 2.39. The van der Waals surface area contributed by atoms with E-state index in [4.69, 9.17) is 5.26 Å². The number of ketones is 1. The Bertz CT molecular complexity index is 1350. The van der Waals surface area contributed by atoms with E-state index in [0.29, 0.717) is 36.6 Å². The standard InChI is InChI=1S/C25H24N6O/c1-16-9-18(11-26)10-17(2)22(16)6-7-24(32)23-15-31(29-28-23)14-21-13-30-12-20(19-3-4-19)5-8-25(30)27-21/h5,8-10,12-13,15,19H,3-4,6-7,14H2,1-2H3. The number of carbonyl (C=O) groups excluding carboxylic acids is 1. The number of Topliss-reactive ketones (excluding diaryl/α,β-unsaturated/α-hetero) is 1. The zero-order valence-electron chi connectivity index (χ0n) is 18.2. The Kier molecular flexibility index (Phi) is 5.06. The molecule has 0 unspecified atom stereocenters. The van der Waals surface area contributed by atoms with E-state index in [-0.39, 0.29) is 5.78 Å². The normalized spacial score (nSPS) is 13.4. The van der Waals surface area contributed by atoms with Crippen molar-refractivity contribution in [3.63, 3.8) is 0 Å². The van der Waals surface area contributed by atoms with Gasteiger partial charge in [0.25, 0.3) is 0 Å². The highest BCUT2D eigenvalue weighted by Gasteiger charge is 2.23. The Morgan fingerprint density at radius 2 is 1.94 bits per heavy atom. The van der Waals surface area contributed by atoms with Gasteiger partial charge in [0.15, 0.2) is 5.78 Å². The fourth-order valence-electron chi connectivity index (χ4n) is 4.28. The molecular formula is C25H24N6O. The van der Waals surface area contributed by atoms with E-state index in [1.54, 1.807) is 10.9 Å². The summed E-state index contributed by atoms with van der Waals surface area (Å²) in [5, 5.41) is 17.3. The molecule has 3 aromatic heterocycles. The molecule has 0 atom stereocenters. The number of hydrogen-bond acceptors (Lipinski definition) is 5. The lowest BCUT2D eigenvalue weighted by atomic mass is 9.95. The number of nitrogens with zero attached hydrogens (tertiary/aromatic N) is 6. The smallest absolute Gasteiger partial charge is 0.185 e. The number of carbonyl (C=O) groups is 1. The minimum Gasteiger partial charge on any atom is -0.306 e. The Morgan fingerprint density at radius 3 is 2.66 bits per heavy atom. The molecule has 1 aliphatic rings. The van der Waals surface area contributed by atoms with E-state index in [9.17, 15) is 4.79 Å². The highest BCUT2D eigenvalue weighted by molar-refractivity contribution is 5.94. The van der Waals surface area contributed by atoms with Crippen molar-refractivity contribution in [2.45, 2.75) is 52.0 Å². The third-order valence-corrected chi connectivity index (χ3v) is 6.15. The van der Waals surface area contributed by atoms with Crippen LogP contribution >= 0.6 is 0 Å². The van der Waals surface area contributed by atoms with Crippen molar-refractivity contribution in [1.82, 2.24) is 24.4 Å². The molecule has 1 aliphatic carbocycles. The molecule has 5 rings (SSSR count). The van der Waals surface area contributed by atoms with E-state index >= 15 is 0 Å². The van der Waals surface area contributed by atoms with E-state index < -0.39 is 0 Å². The molecule has 7 nitrogen and oxygen atoms in total. The number of pyridine rings is 1. The molecule has 0 spiro atoms. The maximum atomic E-state index is 12.7. The first-order valence-corrected chi connectivity index (χ1v) is 10.9. The number of aryl methyl sites for hydroxylation is 2. The number of imidazole rings is 1. The van der Waals surface area contributed by atoms with Crippen molar-refractivity contribution < 1.29 is 4.79 Å². The average Bonchev–Trinajstić information content (AvgIpc) is 3.39. The summed E-state index contributed by atoms with van der Waals surface area (Å²) >= 11 is 0. The average molecular weight is 425 g/mol. The monoisotopic (exact) mass is 424 g/mol. The summed E-state index contributed by atoms with van der Waals surface area (Å²) in [5.74, 6) is 0.662. The molecule has 0 aliphatic heterocycles. The lowest BCUT2D eigenvalue weighted by molar-refractivity contribution is 0.0978. The second kappa shape index (κ2) is 8.04. The lowest BCUT2D eigenvalue weighted by Crippen LogP contribution is -2.04. The summed E-state index contributed by atoms with van der Waals surface area (Å²) in [5.41, 5.74) is 7.36. The van der Waals surface area contributed by atoms with Crippen LogP contribution in [-0.4, -0.2) is 30.2 Å². The molecular weight excluding hydrogens is 400 g/mol. The van der Waals surface area contributed by atoms with E-state index in [1.807, 2.05) is 32.2 Å². The van der Waals surface area contributed by atoms with Gasteiger partial charge < -0.3 is 4.40 Å². The van der Waals surface area contributed by atoms with Crippen LogP contribution in [-0.2, 0) is 13.0 Å². The van der Waals surface area contributed by atoms with Crippen LogP contribution in [0.2, 0.25) is 0 Å². The van der Waals surface area contributed by atoms with E-state index in [1.165, 1.54) is 18.4 Å². The molecule has 3 heterocycles. The summed E-state index contributed by atoms with van der Waals surface area (Å²) in [6.45, 7) is 4.42. The number of benzene rings is 1. The molecule has 0 amide bonds. The van der Waals surface area contributed by atoms with Crippen LogP contribution < -0.4 is 0 Å². The van der Waals surface area contributed by atoms with Gasteiger partial charge >= 0.3 is 0 Å². The second-order valence-electron chi connectivity index (χ2n) is 8.66. The molecule has 7 heteroatoms. The highest BCUT2D eigenvalue weighted by atomic mass is 16.1. The van der Waals surface area contributed by atoms with Gasteiger partial charge in [-0.1, -0.05) is 11.3 Å². The van der Waals surface area contributed by atoms with Crippen LogP contribution in [0, 0.1) is 25.2 Å². The summed E-state index contributed by atoms with van der Waals surface area (Å²) in [7, 11) is 0. The zero-order chi connectivity index (χ0) is 22.2. The van der Waals surface area contributed by atoms with Gasteiger partial charge in [-0.3, -0.25) is 4.79 Å². The van der Waals surface area contributed by atoms with Crippen LogP contribution in [0.25, 0.3) is 5.65 Å². The first-order valence-electron chi connectivity index (χ1n) is 10.9. The van der Waals surface area contributed by atoms with Crippen molar-refractivity contribution in [3.8, 4) is 6.07 Å². The summed E-state index contributed by atoms with van der Waals surface area (Å²) < 4.78 is 3.73. The minimum atomic E-state index is -0.0384. The summed E-state index contributed by atoms with van der Waals surface area (Å²) in [6, 6.07) is 10.1. The van der Waals surface area contributed by atoms with Crippen LogP contribution in [0.5, 0.6) is 0 Å². The van der Waals surface area contributed by atoms with Crippen LogP contribution in [0.4, 0.5) is 0 Å². The van der Waals surface area contributed by atoms with Crippen LogP contribution in [0.1, 0.15) is 69.2 Å². The van der Waals surface area contributed by atoms with Crippen LogP contribution in [0.3, 0.4) is 0 Å². The quantitative estimate of drug-likeness (QED) is 0.416. The van der Waals surface area contributed by atoms with Gasteiger partial charge in [0.1, 0.15) is 11.3 Å².